The van der Waals surface area contributed by atoms with Crippen molar-refractivity contribution in [3.63, 3.8) is 0 Å². The van der Waals surface area contributed by atoms with E-state index in [2.05, 4.69) is 10.0 Å². The molecule has 1 aliphatic heterocycles. The molecule has 10 heteroatoms. The number of amides is 2. The molecule has 1 unspecified atom stereocenters. The first-order valence-electron chi connectivity index (χ1n) is 10.3. The van der Waals surface area contributed by atoms with Crippen molar-refractivity contribution in [1.29, 1.82) is 0 Å². The van der Waals surface area contributed by atoms with Gasteiger partial charge in [-0.25, -0.2) is 13.1 Å². The van der Waals surface area contributed by atoms with Crippen LogP contribution in [0.5, 0.6) is 0 Å². The van der Waals surface area contributed by atoms with E-state index >= 15 is 0 Å². The highest BCUT2D eigenvalue weighted by Gasteiger charge is 2.29. The summed E-state index contributed by atoms with van der Waals surface area (Å²) < 4.78 is 29.5. The van der Waals surface area contributed by atoms with Gasteiger partial charge in [-0.1, -0.05) is 30.3 Å². The third-order valence-corrected chi connectivity index (χ3v) is 7.34. The highest BCUT2D eigenvalue weighted by molar-refractivity contribution is 7.89. The summed E-state index contributed by atoms with van der Waals surface area (Å²) in [5, 5.41) is 2.60. The van der Waals surface area contributed by atoms with Crippen molar-refractivity contribution < 1.29 is 18.0 Å². The minimum atomic E-state index is -3.95. The van der Waals surface area contributed by atoms with Crippen LogP contribution in [-0.2, 0) is 19.6 Å². The average Bonchev–Trinajstić information content (AvgIpc) is 2.79. The van der Waals surface area contributed by atoms with E-state index in [1.807, 2.05) is 35.2 Å². The molecule has 8 nitrogen and oxygen atoms in total. The molecule has 0 aliphatic carbocycles. The molecule has 32 heavy (non-hydrogen) atoms. The standard InChI is InChI=1S/C22H27ClN4O4S/c1-15(16-5-3-2-4-6-16)26-32(30,31)20-13-18(25-21(28)14-23)7-8-19(20)27-11-9-17(10-12-27)22(24)29/h2-8,13,15,17,26H,9-12,14H2,1H3,(H2,24,29)(H,25,28). The second-order valence-electron chi connectivity index (χ2n) is 7.78. The van der Waals surface area contributed by atoms with Crippen molar-refractivity contribution in [2.75, 3.05) is 29.2 Å². The number of nitrogens with one attached hydrogen (secondary N) is 2. The predicted molar refractivity (Wildman–Crippen MR) is 125 cm³/mol. The van der Waals surface area contributed by atoms with Gasteiger partial charge in [0.15, 0.2) is 0 Å². The van der Waals surface area contributed by atoms with E-state index in [9.17, 15) is 18.0 Å². The van der Waals surface area contributed by atoms with Gasteiger partial charge in [0.1, 0.15) is 10.8 Å². The number of piperidine rings is 1. The van der Waals surface area contributed by atoms with Gasteiger partial charge < -0.3 is 16.0 Å². The molecule has 1 fully saturated rings. The number of rotatable bonds is 8. The smallest absolute Gasteiger partial charge is 0.243 e. The number of nitrogens with two attached hydrogens (primary N) is 1. The predicted octanol–water partition coefficient (Wildman–Crippen LogP) is 2.61. The molecule has 0 bridgehead atoms. The summed E-state index contributed by atoms with van der Waals surface area (Å²) in [6, 6.07) is 13.5. The maximum atomic E-state index is 13.4. The fraction of sp³-hybridized carbons (Fsp3) is 0.364. The van der Waals surface area contributed by atoms with E-state index in [0.29, 0.717) is 37.3 Å². The molecule has 0 spiro atoms. The van der Waals surface area contributed by atoms with Crippen LogP contribution in [0, 0.1) is 5.92 Å². The molecular weight excluding hydrogens is 452 g/mol. The minimum absolute atomic E-state index is 0.0465. The molecule has 3 rings (SSSR count). The van der Waals surface area contributed by atoms with Crippen molar-refractivity contribution in [1.82, 2.24) is 4.72 Å². The molecule has 1 aliphatic rings. The van der Waals surface area contributed by atoms with Crippen LogP contribution in [0.2, 0.25) is 0 Å². The van der Waals surface area contributed by atoms with Crippen LogP contribution < -0.4 is 20.7 Å². The van der Waals surface area contributed by atoms with Crippen LogP contribution in [0.15, 0.2) is 53.4 Å². The van der Waals surface area contributed by atoms with E-state index in [0.717, 1.165) is 5.56 Å². The number of hydrogen-bond acceptors (Lipinski definition) is 5. The van der Waals surface area contributed by atoms with Crippen LogP contribution >= 0.6 is 11.6 Å². The average molecular weight is 479 g/mol. The second-order valence-corrected chi connectivity index (χ2v) is 9.73. The summed E-state index contributed by atoms with van der Waals surface area (Å²) in [4.78, 5) is 25.2. The van der Waals surface area contributed by atoms with Gasteiger partial charge in [-0.05, 0) is 43.5 Å². The third kappa shape index (κ3) is 5.79. The van der Waals surface area contributed by atoms with E-state index in [-0.39, 0.29) is 22.6 Å². The molecule has 2 amide bonds. The van der Waals surface area contributed by atoms with Gasteiger partial charge in [0, 0.05) is 30.7 Å². The molecule has 0 saturated carbocycles. The Balaban J connectivity index is 1.93. The molecule has 2 aromatic rings. The minimum Gasteiger partial charge on any atom is -0.370 e. The second kappa shape index (κ2) is 10.3. The van der Waals surface area contributed by atoms with Gasteiger partial charge in [-0.15, -0.1) is 11.6 Å². The van der Waals surface area contributed by atoms with Gasteiger partial charge >= 0.3 is 0 Å². The van der Waals surface area contributed by atoms with Gasteiger partial charge in [0.05, 0.1) is 5.69 Å². The number of sulfonamides is 1. The van der Waals surface area contributed by atoms with Crippen molar-refractivity contribution in [2.24, 2.45) is 11.7 Å². The first kappa shape index (κ1) is 24.0. The lowest BCUT2D eigenvalue weighted by molar-refractivity contribution is -0.122. The van der Waals surface area contributed by atoms with Crippen LogP contribution in [0.4, 0.5) is 11.4 Å². The molecule has 1 atom stereocenters. The Morgan fingerprint density at radius 3 is 2.41 bits per heavy atom. The first-order valence-corrected chi connectivity index (χ1v) is 12.3. The zero-order valence-corrected chi connectivity index (χ0v) is 19.3. The number of anilines is 2. The van der Waals surface area contributed by atoms with E-state index in [4.69, 9.17) is 17.3 Å². The lowest BCUT2D eigenvalue weighted by atomic mass is 9.96. The van der Waals surface area contributed by atoms with Crippen LogP contribution in [0.25, 0.3) is 0 Å². The quantitative estimate of drug-likeness (QED) is 0.503. The number of halogens is 1. The maximum Gasteiger partial charge on any atom is 0.243 e. The Morgan fingerprint density at radius 1 is 1.16 bits per heavy atom. The third-order valence-electron chi connectivity index (χ3n) is 5.52. The van der Waals surface area contributed by atoms with Crippen molar-refractivity contribution in [2.45, 2.75) is 30.7 Å². The Labute approximate surface area is 193 Å². The number of carbonyl (C=O) groups excluding carboxylic acids is 2. The van der Waals surface area contributed by atoms with Gasteiger partial charge in [-0.2, -0.15) is 0 Å². The number of benzene rings is 2. The molecule has 172 valence electrons. The Kier molecular flexibility index (Phi) is 7.76. The lowest BCUT2D eigenvalue weighted by Gasteiger charge is -2.33. The monoisotopic (exact) mass is 478 g/mol. The summed E-state index contributed by atoms with van der Waals surface area (Å²) >= 11 is 5.57. The normalized spacial score (nSPS) is 15.9. The van der Waals surface area contributed by atoms with E-state index in [1.165, 1.54) is 6.07 Å². The molecule has 1 saturated heterocycles. The lowest BCUT2D eigenvalue weighted by Crippen LogP contribution is -2.39. The molecule has 1 heterocycles. The number of nitrogens with zero attached hydrogens (tertiary/aromatic N) is 1. The zero-order valence-electron chi connectivity index (χ0n) is 17.8. The summed E-state index contributed by atoms with van der Waals surface area (Å²) in [6.07, 6.45) is 1.10. The summed E-state index contributed by atoms with van der Waals surface area (Å²) in [7, 11) is -3.95. The number of hydrogen-bond donors (Lipinski definition) is 3. The maximum absolute atomic E-state index is 13.4. The van der Waals surface area contributed by atoms with Crippen LogP contribution in [-0.4, -0.2) is 39.2 Å². The topological polar surface area (TPSA) is 122 Å². The van der Waals surface area contributed by atoms with E-state index < -0.39 is 22.0 Å². The van der Waals surface area contributed by atoms with Gasteiger partial charge in [-0.3, -0.25) is 9.59 Å². The Hall–Kier alpha value is -2.62. The molecular formula is C22H27ClN4O4S. The SMILES string of the molecule is CC(NS(=O)(=O)c1cc(NC(=O)CCl)ccc1N1CCC(C(N)=O)CC1)c1ccccc1. The molecule has 4 N–H and O–H groups in total. The summed E-state index contributed by atoms with van der Waals surface area (Å²) in [5.41, 5.74) is 7.09. The zero-order chi connectivity index (χ0) is 23.3. The van der Waals surface area contributed by atoms with Gasteiger partial charge in [0.2, 0.25) is 21.8 Å². The number of primary amides is 1. The molecule has 0 aromatic heterocycles. The fourth-order valence-corrected chi connectivity index (χ4v) is 5.32. The van der Waals surface area contributed by atoms with Crippen LogP contribution in [0.3, 0.4) is 0 Å². The highest BCUT2D eigenvalue weighted by Crippen LogP contribution is 2.32. The number of alkyl halides is 1. The number of carbonyl (C=O) groups is 2. The summed E-state index contributed by atoms with van der Waals surface area (Å²) in [5.74, 6) is -1.23. The summed E-state index contributed by atoms with van der Waals surface area (Å²) in [6.45, 7) is 2.76. The highest BCUT2D eigenvalue weighted by atomic mass is 35.5. The Bertz CT molecular complexity index is 1070. The first-order chi connectivity index (χ1) is 15.2. The van der Waals surface area contributed by atoms with Gasteiger partial charge in [0.25, 0.3) is 0 Å². The van der Waals surface area contributed by atoms with Crippen molar-refractivity contribution in [3.05, 3.63) is 54.1 Å². The molecule has 2 aromatic carbocycles. The fourth-order valence-electron chi connectivity index (χ4n) is 3.77. The van der Waals surface area contributed by atoms with Crippen LogP contribution in [0.1, 0.15) is 31.4 Å². The molecule has 0 radical (unpaired) electrons. The van der Waals surface area contributed by atoms with Crippen molar-refractivity contribution >= 4 is 44.8 Å². The Morgan fingerprint density at radius 2 is 1.81 bits per heavy atom. The van der Waals surface area contributed by atoms with E-state index in [1.54, 1.807) is 19.1 Å². The van der Waals surface area contributed by atoms with Crippen molar-refractivity contribution in [3.8, 4) is 0 Å². The largest absolute Gasteiger partial charge is 0.370 e.